The lowest BCUT2D eigenvalue weighted by atomic mass is 10.0. The zero-order valence-electron chi connectivity index (χ0n) is 10.4. The molecule has 0 spiro atoms. The predicted octanol–water partition coefficient (Wildman–Crippen LogP) is 3.49. The number of benzene rings is 1. The van der Waals surface area contributed by atoms with E-state index in [1.165, 1.54) is 0 Å². The molecule has 3 N–H and O–H groups in total. The molecular weight excluding hydrogens is 255 g/mol. The maximum absolute atomic E-state index is 12.8. The molecule has 0 aliphatic carbocycles. The molecule has 0 saturated heterocycles. The first kappa shape index (κ1) is 13.6. The standard InChI is InChI=1S/C13H14F3N3/c1-2-4-8-5-3-6-9-10(19-17)7-11(13(14,15)16)18-12(8)9/h3,5-7H,2,4,17H2,1H3,(H,18,19). The molecule has 0 aliphatic rings. The zero-order valence-corrected chi connectivity index (χ0v) is 10.4. The third kappa shape index (κ3) is 2.63. The lowest BCUT2D eigenvalue weighted by Gasteiger charge is -2.13. The normalized spacial score (nSPS) is 11.8. The van der Waals surface area contributed by atoms with Crippen LogP contribution in [0.2, 0.25) is 0 Å². The van der Waals surface area contributed by atoms with Gasteiger partial charge in [-0.1, -0.05) is 31.5 Å². The number of pyridine rings is 1. The largest absolute Gasteiger partial charge is 0.433 e. The molecule has 6 heteroatoms. The Labute approximate surface area is 108 Å². The predicted molar refractivity (Wildman–Crippen MR) is 68.6 cm³/mol. The Morgan fingerprint density at radius 2 is 2.05 bits per heavy atom. The monoisotopic (exact) mass is 269 g/mol. The average Bonchev–Trinajstić information content (AvgIpc) is 2.37. The van der Waals surface area contributed by atoms with Crippen molar-refractivity contribution in [3.8, 4) is 0 Å². The third-order valence-electron chi connectivity index (χ3n) is 2.89. The van der Waals surface area contributed by atoms with Crippen LogP contribution in [-0.2, 0) is 12.6 Å². The van der Waals surface area contributed by atoms with Gasteiger partial charge in [0.2, 0.25) is 0 Å². The molecule has 0 saturated carbocycles. The van der Waals surface area contributed by atoms with Crippen LogP contribution in [0.5, 0.6) is 0 Å². The van der Waals surface area contributed by atoms with Gasteiger partial charge in [0.05, 0.1) is 11.2 Å². The molecule has 2 rings (SSSR count). The van der Waals surface area contributed by atoms with Crippen LogP contribution < -0.4 is 11.3 Å². The van der Waals surface area contributed by atoms with Crippen molar-refractivity contribution < 1.29 is 13.2 Å². The van der Waals surface area contributed by atoms with E-state index in [4.69, 9.17) is 5.84 Å². The molecule has 0 atom stereocenters. The Balaban J connectivity index is 2.74. The van der Waals surface area contributed by atoms with E-state index in [2.05, 4.69) is 10.4 Å². The van der Waals surface area contributed by atoms with Crippen LogP contribution in [0.15, 0.2) is 24.3 Å². The first-order valence-electron chi connectivity index (χ1n) is 5.93. The number of halogens is 3. The summed E-state index contributed by atoms with van der Waals surface area (Å²) in [4.78, 5) is 3.75. The van der Waals surface area contributed by atoms with E-state index in [1.807, 2.05) is 6.92 Å². The fraction of sp³-hybridized carbons (Fsp3) is 0.308. The summed E-state index contributed by atoms with van der Waals surface area (Å²) in [5, 5.41) is 0.599. The van der Waals surface area contributed by atoms with E-state index in [1.54, 1.807) is 18.2 Å². The van der Waals surface area contributed by atoms with E-state index in [-0.39, 0.29) is 5.69 Å². The van der Waals surface area contributed by atoms with E-state index in [0.29, 0.717) is 17.3 Å². The number of nitrogen functional groups attached to an aromatic ring is 1. The van der Waals surface area contributed by atoms with E-state index < -0.39 is 11.9 Å². The number of fused-ring (bicyclic) bond motifs is 1. The number of anilines is 1. The smallest absolute Gasteiger partial charge is 0.323 e. The summed E-state index contributed by atoms with van der Waals surface area (Å²) in [7, 11) is 0. The lowest BCUT2D eigenvalue weighted by molar-refractivity contribution is -0.140. The molecule has 0 amide bonds. The van der Waals surface area contributed by atoms with Gasteiger partial charge in [-0.05, 0) is 18.1 Å². The van der Waals surface area contributed by atoms with Crippen molar-refractivity contribution in [2.75, 3.05) is 5.43 Å². The number of alkyl halides is 3. The summed E-state index contributed by atoms with van der Waals surface area (Å²) in [6.07, 6.45) is -2.97. The minimum atomic E-state index is -4.49. The molecule has 1 aromatic carbocycles. The van der Waals surface area contributed by atoms with Crippen LogP contribution in [0.1, 0.15) is 24.6 Å². The van der Waals surface area contributed by atoms with Crippen LogP contribution in [0.25, 0.3) is 10.9 Å². The Bertz CT molecular complexity index is 593. The van der Waals surface area contributed by atoms with Gasteiger partial charge in [-0.3, -0.25) is 5.84 Å². The number of hydrogen-bond donors (Lipinski definition) is 2. The Hall–Kier alpha value is -1.82. The fourth-order valence-corrected chi connectivity index (χ4v) is 2.04. The molecule has 1 aromatic heterocycles. The minimum absolute atomic E-state index is 0.232. The third-order valence-corrected chi connectivity index (χ3v) is 2.89. The maximum atomic E-state index is 12.8. The highest BCUT2D eigenvalue weighted by Crippen LogP contribution is 2.33. The zero-order chi connectivity index (χ0) is 14.0. The number of hydrogen-bond acceptors (Lipinski definition) is 3. The highest BCUT2D eigenvalue weighted by Gasteiger charge is 2.33. The summed E-state index contributed by atoms with van der Waals surface area (Å²) >= 11 is 0. The van der Waals surface area contributed by atoms with Gasteiger partial charge in [-0.2, -0.15) is 13.2 Å². The lowest BCUT2D eigenvalue weighted by Crippen LogP contribution is -2.13. The Kier molecular flexibility index (Phi) is 3.61. The van der Waals surface area contributed by atoms with Gasteiger partial charge in [0.25, 0.3) is 0 Å². The first-order chi connectivity index (χ1) is 8.97. The van der Waals surface area contributed by atoms with Crippen molar-refractivity contribution in [3.63, 3.8) is 0 Å². The van der Waals surface area contributed by atoms with Gasteiger partial charge in [-0.25, -0.2) is 4.98 Å². The minimum Gasteiger partial charge on any atom is -0.323 e. The van der Waals surface area contributed by atoms with Crippen molar-refractivity contribution in [2.45, 2.75) is 25.9 Å². The summed E-state index contributed by atoms with van der Waals surface area (Å²) in [5.74, 6) is 5.31. The number of hydrazine groups is 1. The number of nitrogens with one attached hydrogen (secondary N) is 1. The molecule has 2 aromatic rings. The van der Waals surface area contributed by atoms with Crippen LogP contribution in [0, 0.1) is 0 Å². The molecule has 0 unspecified atom stereocenters. The molecule has 0 aliphatic heterocycles. The van der Waals surface area contributed by atoms with Crippen LogP contribution in [0.4, 0.5) is 18.9 Å². The molecule has 0 fully saturated rings. The van der Waals surface area contributed by atoms with Gasteiger partial charge >= 0.3 is 6.18 Å². The molecule has 102 valence electrons. The SMILES string of the molecule is CCCc1cccc2c(NN)cc(C(F)(F)F)nc12. The van der Waals surface area contributed by atoms with Gasteiger partial charge in [0, 0.05) is 5.39 Å². The summed E-state index contributed by atoms with van der Waals surface area (Å²) in [6, 6.07) is 6.22. The Morgan fingerprint density at radius 3 is 2.63 bits per heavy atom. The average molecular weight is 269 g/mol. The number of nitrogens with zero attached hydrogens (tertiary/aromatic N) is 1. The van der Waals surface area contributed by atoms with Crippen molar-refractivity contribution >= 4 is 16.6 Å². The molecule has 19 heavy (non-hydrogen) atoms. The number of nitrogens with two attached hydrogens (primary N) is 1. The molecule has 1 heterocycles. The first-order valence-corrected chi connectivity index (χ1v) is 5.93. The molecular formula is C13H14F3N3. The van der Waals surface area contributed by atoms with Crippen LogP contribution >= 0.6 is 0 Å². The second-order valence-electron chi connectivity index (χ2n) is 4.26. The fourth-order valence-electron chi connectivity index (χ4n) is 2.04. The molecule has 0 bridgehead atoms. The van der Waals surface area contributed by atoms with Gasteiger partial charge in [0.1, 0.15) is 5.69 Å². The van der Waals surface area contributed by atoms with Crippen LogP contribution in [-0.4, -0.2) is 4.98 Å². The number of rotatable bonds is 3. The number of aryl methyl sites for hydroxylation is 1. The Morgan fingerprint density at radius 1 is 1.32 bits per heavy atom. The second-order valence-corrected chi connectivity index (χ2v) is 4.26. The highest BCUT2D eigenvalue weighted by molar-refractivity contribution is 5.93. The molecule has 3 nitrogen and oxygen atoms in total. The van der Waals surface area contributed by atoms with Crippen LogP contribution in [0.3, 0.4) is 0 Å². The van der Waals surface area contributed by atoms with Crippen molar-refractivity contribution in [2.24, 2.45) is 5.84 Å². The number of aromatic nitrogens is 1. The van der Waals surface area contributed by atoms with Gasteiger partial charge in [-0.15, -0.1) is 0 Å². The van der Waals surface area contributed by atoms with Gasteiger partial charge < -0.3 is 5.43 Å². The highest BCUT2D eigenvalue weighted by atomic mass is 19.4. The van der Waals surface area contributed by atoms with E-state index in [9.17, 15) is 13.2 Å². The van der Waals surface area contributed by atoms with E-state index in [0.717, 1.165) is 18.1 Å². The summed E-state index contributed by atoms with van der Waals surface area (Å²) in [6.45, 7) is 1.97. The quantitative estimate of drug-likeness (QED) is 0.662. The van der Waals surface area contributed by atoms with Gasteiger partial charge in [0.15, 0.2) is 0 Å². The summed E-state index contributed by atoms with van der Waals surface area (Å²) in [5.41, 5.74) is 2.76. The molecule has 0 radical (unpaired) electrons. The van der Waals surface area contributed by atoms with Crippen molar-refractivity contribution in [1.82, 2.24) is 4.98 Å². The summed E-state index contributed by atoms with van der Waals surface area (Å²) < 4.78 is 38.5. The second kappa shape index (κ2) is 5.05. The number of para-hydroxylation sites is 1. The topological polar surface area (TPSA) is 50.9 Å². The van der Waals surface area contributed by atoms with Crippen molar-refractivity contribution in [1.29, 1.82) is 0 Å². The van der Waals surface area contributed by atoms with Crippen molar-refractivity contribution in [3.05, 3.63) is 35.5 Å². The van der Waals surface area contributed by atoms with E-state index >= 15 is 0 Å². The maximum Gasteiger partial charge on any atom is 0.433 e.